The molecule has 1 fully saturated rings. The maximum absolute atomic E-state index is 6.26. The summed E-state index contributed by atoms with van der Waals surface area (Å²) in [7, 11) is -0.445. The highest BCUT2D eigenvalue weighted by Crippen LogP contribution is 2.42. The lowest BCUT2D eigenvalue weighted by atomic mass is 9.72. The Kier molecular flexibility index (Phi) is 3.57. The minimum Gasteiger partial charge on any atom is -0.399 e. The van der Waals surface area contributed by atoms with Crippen molar-refractivity contribution in [1.82, 2.24) is 0 Å². The summed E-state index contributed by atoms with van der Waals surface area (Å²) in [6, 6.07) is 19.1. The van der Waals surface area contributed by atoms with Crippen molar-refractivity contribution in [3.63, 3.8) is 0 Å². The number of hydrogen-bond donors (Lipinski definition) is 0. The van der Waals surface area contributed by atoms with Crippen LogP contribution in [0.3, 0.4) is 0 Å². The van der Waals surface area contributed by atoms with Crippen molar-refractivity contribution in [1.29, 1.82) is 0 Å². The molecule has 0 amide bonds. The molecule has 0 radical (unpaired) electrons. The largest absolute Gasteiger partial charge is 0.494 e. The van der Waals surface area contributed by atoms with Crippen LogP contribution in [0.25, 0.3) is 27.0 Å². The van der Waals surface area contributed by atoms with Crippen LogP contribution in [0.1, 0.15) is 33.3 Å². The molecule has 25 heavy (non-hydrogen) atoms. The first-order valence-corrected chi connectivity index (χ1v) is 8.75. The van der Waals surface area contributed by atoms with Crippen LogP contribution >= 0.6 is 0 Å². The zero-order chi connectivity index (χ0) is 17.8. The van der Waals surface area contributed by atoms with Gasteiger partial charge in [-0.3, -0.25) is 0 Å². The molecule has 0 unspecified atom stereocenters. The number of fused-ring (bicyclic) bond motifs is 2. The van der Waals surface area contributed by atoms with E-state index in [1.54, 1.807) is 0 Å². The topological polar surface area (TPSA) is 18.5 Å². The second kappa shape index (κ2) is 5.45. The van der Waals surface area contributed by atoms with Gasteiger partial charge in [-0.05, 0) is 66.3 Å². The predicted molar refractivity (Wildman–Crippen MR) is 107 cm³/mol. The first-order valence-electron chi connectivity index (χ1n) is 8.75. The van der Waals surface area contributed by atoms with Crippen LogP contribution in [0.5, 0.6) is 0 Å². The summed E-state index contributed by atoms with van der Waals surface area (Å²) in [5.74, 6) is 0. The van der Waals surface area contributed by atoms with Gasteiger partial charge in [-0.15, -0.1) is 0 Å². The third-order valence-electron chi connectivity index (χ3n) is 5.63. The monoisotopic (exact) mass is 330 g/mol. The fourth-order valence-corrected chi connectivity index (χ4v) is 3.46. The molecule has 0 spiro atoms. The lowest BCUT2D eigenvalue weighted by Gasteiger charge is -2.32. The van der Waals surface area contributed by atoms with Gasteiger partial charge in [0, 0.05) is 0 Å². The molecular weight excluding hydrogens is 307 g/mol. The Labute approximate surface area is 149 Å². The van der Waals surface area contributed by atoms with E-state index in [2.05, 4.69) is 88.9 Å². The third kappa shape index (κ3) is 2.50. The average Bonchev–Trinajstić information content (AvgIpc) is 2.80. The minimum atomic E-state index is -0.445. The maximum atomic E-state index is 6.26. The van der Waals surface area contributed by atoms with E-state index in [-0.39, 0.29) is 11.2 Å². The highest BCUT2D eigenvalue weighted by atomic mass is 16.7. The Morgan fingerprint density at radius 1 is 0.800 bits per heavy atom. The van der Waals surface area contributed by atoms with Crippen molar-refractivity contribution in [2.45, 2.75) is 38.9 Å². The first kappa shape index (κ1) is 16.4. The van der Waals surface area contributed by atoms with Gasteiger partial charge >= 0.3 is 7.12 Å². The summed E-state index contributed by atoms with van der Waals surface area (Å²) < 4.78 is 12.5. The molecule has 0 aliphatic carbocycles. The summed E-state index contributed by atoms with van der Waals surface area (Å²) in [5.41, 5.74) is 1.25. The molecule has 0 bridgehead atoms. The molecule has 3 heteroatoms. The van der Waals surface area contributed by atoms with Crippen molar-refractivity contribution in [2.75, 3.05) is 0 Å². The molecule has 0 aromatic heterocycles. The molecule has 1 saturated heterocycles. The second-order valence-electron chi connectivity index (χ2n) is 7.81. The Balaban J connectivity index is 1.92. The van der Waals surface area contributed by atoms with Gasteiger partial charge in [0.25, 0.3) is 0 Å². The van der Waals surface area contributed by atoms with Crippen LogP contribution in [0.4, 0.5) is 0 Å². The molecule has 3 aromatic rings. The van der Waals surface area contributed by atoms with Crippen molar-refractivity contribution in [2.24, 2.45) is 0 Å². The van der Waals surface area contributed by atoms with E-state index in [9.17, 15) is 0 Å². The van der Waals surface area contributed by atoms with Crippen LogP contribution in [0, 0.1) is 0 Å². The normalized spacial score (nSPS) is 18.8. The molecule has 0 saturated carbocycles. The van der Waals surface area contributed by atoms with E-state index in [1.807, 2.05) is 0 Å². The zero-order valence-electron chi connectivity index (χ0n) is 15.3. The van der Waals surface area contributed by atoms with E-state index in [1.165, 1.54) is 21.5 Å². The van der Waals surface area contributed by atoms with Gasteiger partial charge in [-0.1, -0.05) is 55.1 Å². The molecule has 126 valence electrons. The molecule has 1 heterocycles. The second-order valence-corrected chi connectivity index (χ2v) is 7.81. The lowest BCUT2D eigenvalue weighted by Crippen LogP contribution is -2.41. The lowest BCUT2D eigenvalue weighted by molar-refractivity contribution is 0.00578. The Hall–Kier alpha value is -2.10. The fraction of sp³-hybridized carbons (Fsp3) is 0.273. The molecule has 3 aromatic carbocycles. The molecule has 4 rings (SSSR count). The SMILES string of the molecule is C=C(B1OC(C)(C)C(C)(C)O1)c1c2ccccc2cc2ccccc12. The quantitative estimate of drug-likeness (QED) is 0.447. The van der Waals surface area contributed by atoms with Crippen molar-refractivity contribution in [3.05, 3.63) is 66.7 Å². The molecule has 0 N–H and O–H groups in total. The highest BCUT2D eigenvalue weighted by Gasteiger charge is 2.52. The molecule has 1 aliphatic rings. The van der Waals surface area contributed by atoms with Crippen LogP contribution in [-0.4, -0.2) is 18.3 Å². The van der Waals surface area contributed by atoms with Crippen LogP contribution < -0.4 is 0 Å². The average molecular weight is 330 g/mol. The van der Waals surface area contributed by atoms with E-state index in [0.29, 0.717) is 0 Å². The number of rotatable bonds is 2. The molecular formula is C22H23BO2. The summed E-state index contributed by atoms with van der Waals surface area (Å²) in [6.07, 6.45) is 0. The van der Waals surface area contributed by atoms with E-state index >= 15 is 0 Å². The van der Waals surface area contributed by atoms with Crippen molar-refractivity contribution < 1.29 is 9.31 Å². The summed E-state index contributed by atoms with van der Waals surface area (Å²) >= 11 is 0. The third-order valence-corrected chi connectivity index (χ3v) is 5.63. The van der Waals surface area contributed by atoms with Gasteiger partial charge < -0.3 is 9.31 Å². The van der Waals surface area contributed by atoms with Gasteiger partial charge in [-0.2, -0.15) is 0 Å². The number of benzene rings is 3. The highest BCUT2D eigenvalue weighted by molar-refractivity contribution is 6.69. The maximum Gasteiger partial charge on any atom is 0.494 e. The fourth-order valence-electron chi connectivity index (χ4n) is 3.46. The summed E-state index contributed by atoms with van der Waals surface area (Å²) in [5, 5.41) is 4.77. The van der Waals surface area contributed by atoms with Crippen LogP contribution in [0.2, 0.25) is 0 Å². The van der Waals surface area contributed by atoms with E-state index in [0.717, 1.165) is 11.0 Å². The van der Waals surface area contributed by atoms with Gasteiger partial charge in [-0.25, -0.2) is 0 Å². The van der Waals surface area contributed by atoms with Gasteiger partial charge in [0.05, 0.1) is 11.2 Å². The first-order chi connectivity index (χ1) is 11.8. The van der Waals surface area contributed by atoms with Crippen molar-refractivity contribution >= 4 is 34.1 Å². The Morgan fingerprint density at radius 3 is 1.72 bits per heavy atom. The van der Waals surface area contributed by atoms with E-state index < -0.39 is 7.12 Å². The standard InChI is InChI=1S/C22H23BO2/c1-15(23-24-21(2,3)22(4,5)25-23)20-18-12-8-6-10-16(18)14-17-11-7-9-13-19(17)20/h6-14H,1H2,2-5H3. The molecule has 2 nitrogen and oxygen atoms in total. The predicted octanol–water partition coefficient (Wildman–Crippen LogP) is 5.64. The van der Waals surface area contributed by atoms with Gasteiger partial charge in [0.2, 0.25) is 0 Å². The van der Waals surface area contributed by atoms with Crippen molar-refractivity contribution in [3.8, 4) is 0 Å². The van der Waals surface area contributed by atoms with Gasteiger partial charge in [0.15, 0.2) is 0 Å². The summed E-state index contributed by atoms with van der Waals surface area (Å²) in [4.78, 5) is 0. The van der Waals surface area contributed by atoms with Crippen LogP contribution in [-0.2, 0) is 9.31 Å². The molecule has 0 atom stereocenters. The van der Waals surface area contributed by atoms with Gasteiger partial charge in [0.1, 0.15) is 0 Å². The minimum absolute atomic E-state index is 0.374. The smallest absolute Gasteiger partial charge is 0.399 e. The summed E-state index contributed by atoms with van der Waals surface area (Å²) in [6.45, 7) is 12.7. The molecule has 1 aliphatic heterocycles. The van der Waals surface area contributed by atoms with Crippen LogP contribution in [0.15, 0.2) is 61.2 Å². The number of hydrogen-bond acceptors (Lipinski definition) is 2. The Morgan fingerprint density at radius 2 is 1.24 bits per heavy atom. The zero-order valence-corrected chi connectivity index (χ0v) is 15.3. The van der Waals surface area contributed by atoms with E-state index in [4.69, 9.17) is 9.31 Å². The Bertz CT molecular complexity index is 918.